The van der Waals surface area contributed by atoms with Crippen molar-refractivity contribution in [3.63, 3.8) is 0 Å². The van der Waals surface area contributed by atoms with Crippen molar-refractivity contribution in [2.75, 3.05) is 6.54 Å². The van der Waals surface area contributed by atoms with E-state index in [1.54, 1.807) is 6.92 Å². The van der Waals surface area contributed by atoms with Gasteiger partial charge in [-0.05, 0) is 38.0 Å². The lowest BCUT2D eigenvalue weighted by Crippen LogP contribution is -2.34. The van der Waals surface area contributed by atoms with Crippen molar-refractivity contribution >= 4 is 20.0 Å². The Morgan fingerprint density at radius 1 is 1.30 bits per heavy atom. The van der Waals surface area contributed by atoms with E-state index in [0.717, 1.165) is 25.0 Å². The molecule has 1 aromatic carbocycles. The Bertz CT molecular complexity index is 731. The fourth-order valence-electron chi connectivity index (χ4n) is 2.26. The molecule has 1 saturated heterocycles. The Kier molecular flexibility index (Phi) is 3.89. The van der Waals surface area contributed by atoms with Crippen molar-refractivity contribution in [1.82, 2.24) is 4.31 Å². The lowest BCUT2D eigenvalue weighted by molar-refractivity contribution is 0.404. The number of nitrogens with zero attached hydrogens (tertiary/aromatic N) is 1. The SMILES string of the molecule is CC1CCCN1S(=O)(=O)c1ccc(S(N)(=O)=O)cc1F. The second-order valence-corrected chi connectivity index (χ2v) is 8.16. The van der Waals surface area contributed by atoms with E-state index in [-0.39, 0.29) is 6.04 Å². The van der Waals surface area contributed by atoms with Crippen LogP contribution in [0.15, 0.2) is 28.0 Å². The monoisotopic (exact) mass is 322 g/mol. The Morgan fingerprint density at radius 2 is 1.95 bits per heavy atom. The van der Waals surface area contributed by atoms with E-state index in [1.165, 1.54) is 4.31 Å². The van der Waals surface area contributed by atoms with Gasteiger partial charge in [-0.1, -0.05) is 0 Å². The van der Waals surface area contributed by atoms with Crippen molar-refractivity contribution < 1.29 is 21.2 Å². The molecule has 0 bridgehead atoms. The van der Waals surface area contributed by atoms with Gasteiger partial charge in [0.15, 0.2) is 0 Å². The first kappa shape index (κ1) is 15.4. The first-order chi connectivity index (χ1) is 9.14. The molecule has 0 radical (unpaired) electrons. The first-order valence-electron chi connectivity index (χ1n) is 5.98. The normalized spacial score (nSPS) is 21.2. The zero-order valence-electron chi connectivity index (χ0n) is 10.8. The number of rotatable bonds is 3. The standard InChI is InChI=1S/C11H15FN2O4S2/c1-8-3-2-6-14(8)20(17,18)11-5-4-9(7-10(11)12)19(13,15)16/h4-5,7-8H,2-3,6H2,1H3,(H2,13,15,16). The number of nitrogens with two attached hydrogens (primary N) is 1. The molecule has 0 saturated carbocycles. The molecule has 1 atom stereocenters. The Labute approximate surface area is 117 Å². The van der Waals surface area contributed by atoms with E-state index in [1.807, 2.05) is 0 Å². The maximum Gasteiger partial charge on any atom is 0.246 e. The molecule has 1 fully saturated rings. The maximum absolute atomic E-state index is 13.9. The number of hydrogen-bond donors (Lipinski definition) is 1. The van der Waals surface area contributed by atoms with Gasteiger partial charge in [0.2, 0.25) is 20.0 Å². The van der Waals surface area contributed by atoms with Crippen LogP contribution in [0.1, 0.15) is 19.8 Å². The molecule has 1 heterocycles. The average molecular weight is 322 g/mol. The molecule has 1 aliphatic rings. The van der Waals surface area contributed by atoms with Crippen molar-refractivity contribution in [2.45, 2.75) is 35.6 Å². The Balaban J connectivity index is 2.48. The van der Waals surface area contributed by atoms with Crippen molar-refractivity contribution in [3.05, 3.63) is 24.0 Å². The minimum absolute atomic E-state index is 0.197. The number of sulfonamides is 2. The summed E-state index contributed by atoms with van der Waals surface area (Å²) in [6.45, 7) is 2.08. The van der Waals surface area contributed by atoms with Crippen molar-refractivity contribution in [3.8, 4) is 0 Å². The zero-order valence-corrected chi connectivity index (χ0v) is 12.4. The van der Waals surface area contributed by atoms with Gasteiger partial charge in [-0.3, -0.25) is 0 Å². The highest BCUT2D eigenvalue weighted by Gasteiger charge is 2.34. The Hall–Kier alpha value is -1.03. The highest BCUT2D eigenvalue weighted by molar-refractivity contribution is 7.89. The van der Waals surface area contributed by atoms with Gasteiger partial charge in [-0.2, -0.15) is 4.31 Å². The quantitative estimate of drug-likeness (QED) is 0.883. The van der Waals surface area contributed by atoms with Gasteiger partial charge in [0.1, 0.15) is 10.7 Å². The molecule has 9 heteroatoms. The minimum atomic E-state index is -4.07. The van der Waals surface area contributed by atoms with Gasteiger partial charge in [-0.15, -0.1) is 0 Å². The molecule has 0 aliphatic carbocycles. The molecule has 2 N–H and O–H groups in total. The van der Waals surface area contributed by atoms with E-state index in [2.05, 4.69) is 0 Å². The molecule has 0 spiro atoms. The lowest BCUT2D eigenvalue weighted by atomic mass is 10.3. The second kappa shape index (κ2) is 5.06. The molecule has 0 amide bonds. The van der Waals surface area contributed by atoms with Crippen LogP contribution in [-0.4, -0.2) is 33.7 Å². The van der Waals surface area contributed by atoms with Gasteiger partial charge in [0.05, 0.1) is 4.90 Å². The van der Waals surface area contributed by atoms with Gasteiger partial charge < -0.3 is 0 Å². The fourth-order valence-corrected chi connectivity index (χ4v) is 4.53. The summed E-state index contributed by atoms with van der Waals surface area (Å²) >= 11 is 0. The minimum Gasteiger partial charge on any atom is -0.225 e. The average Bonchev–Trinajstić information content (AvgIpc) is 2.74. The predicted octanol–water partition coefficient (Wildman–Crippen LogP) is 0.646. The number of benzene rings is 1. The molecule has 1 aliphatic heterocycles. The van der Waals surface area contributed by atoms with E-state index in [4.69, 9.17) is 5.14 Å². The van der Waals surface area contributed by atoms with Crippen LogP contribution in [0.3, 0.4) is 0 Å². The third-order valence-corrected chi connectivity index (χ3v) is 6.27. The van der Waals surface area contributed by atoms with Crippen LogP contribution in [0, 0.1) is 5.82 Å². The van der Waals surface area contributed by atoms with Crippen LogP contribution >= 0.6 is 0 Å². The smallest absolute Gasteiger partial charge is 0.225 e. The maximum atomic E-state index is 13.9. The van der Waals surface area contributed by atoms with Gasteiger partial charge >= 0.3 is 0 Å². The Morgan fingerprint density at radius 3 is 2.40 bits per heavy atom. The van der Waals surface area contributed by atoms with Crippen molar-refractivity contribution in [2.24, 2.45) is 5.14 Å². The summed E-state index contributed by atoms with van der Waals surface area (Å²) in [6, 6.07) is 2.36. The summed E-state index contributed by atoms with van der Waals surface area (Å²) < 4.78 is 62.0. The van der Waals surface area contributed by atoms with E-state index >= 15 is 0 Å². The number of hydrogen-bond acceptors (Lipinski definition) is 4. The largest absolute Gasteiger partial charge is 0.246 e. The summed E-state index contributed by atoms with van der Waals surface area (Å²) in [5.41, 5.74) is 0. The molecular weight excluding hydrogens is 307 g/mol. The predicted molar refractivity (Wildman–Crippen MR) is 70.4 cm³/mol. The molecule has 1 unspecified atom stereocenters. The molecule has 0 aromatic heterocycles. The van der Waals surface area contributed by atoms with E-state index in [0.29, 0.717) is 12.6 Å². The fraction of sp³-hybridized carbons (Fsp3) is 0.455. The molecular formula is C11H15FN2O4S2. The highest BCUT2D eigenvalue weighted by atomic mass is 32.2. The zero-order chi connectivity index (χ0) is 15.1. The van der Waals surface area contributed by atoms with E-state index < -0.39 is 35.7 Å². The molecule has 1 aromatic rings. The number of primary sulfonamides is 1. The summed E-state index contributed by atoms with van der Waals surface area (Å²) in [5.74, 6) is -1.12. The van der Waals surface area contributed by atoms with Crippen LogP contribution in [-0.2, 0) is 20.0 Å². The second-order valence-electron chi connectivity index (χ2n) is 4.74. The van der Waals surface area contributed by atoms with Crippen LogP contribution in [0.2, 0.25) is 0 Å². The van der Waals surface area contributed by atoms with Crippen LogP contribution < -0.4 is 5.14 Å². The lowest BCUT2D eigenvalue weighted by Gasteiger charge is -2.21. The molecule has 6 nitrogen and oxygen atoms in total. The molecule has 20 heavy (non-hydrogen) atoms. The van der Waals surface area contributed by atoms with Crippen LogP contribution in [0.5, 0.6) is 0 Å². The highest BCUT2D eigenvalue weighted by Crippen LogP contribution is 2.28. The topological polar surface area (TPSA) is 97.5 Å². The van der Waals surface area contributed by atoms with Crippen molar-refractivity contribution in [1.29, 1.82) is 0 Å². The summed E-state index contributed by atoms with van der Waals surface area (Å²) in [4.78, 5) is -0.984. The third kappa shape index (κ3) is 2.71. The molecule has 2 rings (SSSR count). The van der Waals surface area contributed by atoms with Gasteiger partial charge in [-0.25, -0.2) is 26.4 Å². The summed E-state index contributed by atoms with van der Waals surface area (Å²) in [6.07, 6.45) is 1.44. The molecule has 112 valence electrons. The first-order valence-corrected chi connectivity index (χ1v) is 8.97. The van der Waals surface area contributed by atoms with Gasteiger partial charge in [0, 0.05) is 12.6 Å². The van der Waals surface area contributed by atoms with Gasteiger partial charge in [0.25, 0.3) is 0 Å². The third-order valence-electron chi connectivity index (χ3n) is 3.31. The van der Waals surface area contributed by atoms with E-state index in [9.17, 15) is 21.2 Å². The summed E-state index contributed by atoms with van der Waals surface area (Å²) in [5, 5.41) is 4.87. The summed E-state index contributed by atoms with van der Waals surface area (Å²) in [7, 11) is -8.02. The number of halogens is 1. The van der Waals surface area contributed by atoms with Crippen LogP contribution in [0.4, 0.5) is 4.39 Å². The van der Waals surface area contributed by atoms with Crippen LogP contribution in [0.25, 0.3) is 0 Å².